The second-order valence-corrected chi connectivity index (χ2v) is 12.8. The molecule has 236 valence electrons. The third kappa shape index (κ3) is 9.34. The van der Waals surface area contributed by atoms with Crippen molar-refractivity contribution in [2.24, 2.45) is 29.6 Å². The molecule has 1 N–H and O–H groups in total. The molecule has 2 unspecified atom stereocenters. The van der Waals surface area contributed by atoms with Crippen LogP contribution in [-0.4, -0.2) is 84.7 Å². The van der Waals surface area contributed by atoms with Gasteiger partial charge in [0.15, 0.2) is 18.2 Å². The van der Waals surface area contributed by atoms with Crippen LogP contribution in [0.4, 0.5) is 0 Å². The number of aliphatic hydroxyl groups is 1. The first-order valence-corrected chi connectivity index (χ1v) is 15.3. The fraction of sp³-hybridized carbons (Fsp3) is 0.844. The zero-order valence-corrected chi connectivity index (χ0v) is 27.1. The monoisotopic (exact) mass is 581 g/mol. The molecular weight excluding hydrogens is 526 g/mol. The number of likely N-dealkylation sites (N-methyl/N-ethyl adjacent to an activating group) is 1. The number of aliphatic hydroxyl groups excluding tert-OH is 1. The van der Waals surface area contributed by atoms with E-state index in [9.17, 15) is 19.5 Å². The summed E-state index contributed by atoms with van der Waals surface area (Å²) in [7, 11) is 3.85. The number of hydrogen-bond acceptors (Lipinski definition) is 9. The lowest BCUT2D eigenvalue weighted by atomic mass is 9.79. The summed E-state index contributed by atoms with van der Waals surface area (Å²) in [5.41, 5.74) is 0.651. The Morgan fingerprint density at radius 2 is 1.71 bits per heavy atom. The van der Waals surface area contributed by atoms with Crippen LogP contribution in [-0.2, 0) is 33.3 Å². The summed E-state index contributed by atoms with van der Waals surface area (Å²) in [5.74, 6) is -2.82. The van der Waals surface area contributed by atoms with E-state index in [0.717, 1.165) is 6.42 Å². The summed E-state index contributed by atoms with van der Waals surface area (Å²) in [6.07, 6.45) is 0.731. The number of ketones is 1. The highest BCUT2D eigenvalue weighted by Crippen LogP contribution is 2.35. The highest BCUT2D eigenvalue weighted by molar-refractivity contribution is 5.96. The topological polar surface area (TPSA) is 112 Å². The normalized spacial score (nSPS) is 41.2. The average Bonchev–Trinajstić information content (AvgIpc) is 2.89. The van der Waals surface area contributed by atoms with Crippen LogP contribution in [0.1, 0.15) is 88.0 Å². The molecular formula is C32H55NO8. The Labute approximate surface area is 247 Å². The predicted octanol–water partition coefficient (Wildman–Crippen LogP) is 4.54. The van der Waals surface area contributed by atoms with Gasteiger partial charge in [0.25, 0.3) is 0 Å². The Morgan fingerprint density at radius 3 is 2.27 bits per heavy atom. The van der Waals surface area contributed by atoms with E-state index in [1.807, 2.05) is 73.5 Å². The van der Waals surface area contributed by atoms with Crippen LogP contribution in [0, 0.1) is 29.6 Å². The summed E-state index contributed by atoms with van der Waals surface area (Å²) in [5, 5.41) is 11.5. The molecule has 2 rings (SSSR count). The van der Waals surface area contributed by atoms with Crippen molar-refractivity contribution < 1.29 is 38.4 Å². The minimum atomic E-state index is -1.07. The van der Waals surface area contributed by atoms with Crippen molar-refractivity contribution in [3.8, 4) is 0 Å². The van der Waals surface area contributed by atoms with Gasteiger partial charge in [0.2, 0.25) is 0 Å². The fourth-order valence-corrected chi connectivity index (χ4v) is 6.42. The quantitative estimate of drug-likeness (QED) is 0.452. The molecule has 0 aromatic carbocycles. The lowest BCUT2D eigenvalue weighted by Crippen LogP contribution is -2.57. The number of carbonyl (C=O) groups excluding carboxylic acids is 3. The van der Waals surface area contributed by atoms with Gasteiger partial charge in [0, 0.05) is 24.7 Å². The number of cyclic esters (lactones) is 1. The van der Waals surface area contributed by atoms with Gasteiger partial charge < -0.3 is 29.0 Å². The van der Waals surface area contributed by atoms with Crippen molar-refractivity contribution in [2.45, 2.75) is 131 Å². The Kier molecular flexibility index (Phi) is 13.5. The van der Waals surface area contributed by atoms with Crippen molar-refractivity contribution in [3.63, 3.8) is 0 Å². The molecule has 1 saturated heterocycles. The standard InChI is InChI=1S/C32H55NO8/c1-12-13-26-17(2)14-18(3)27(35)19(4)15-20(5)29(22(7)28(36)23(8)31(37)40-26)41-32-30(39-24(9)34)25(33(10)11)16-21(6)38-32/h14,17,19-23,25-26,28-30,32,36H,12-13,15-16H2,1-11H3/b18-14+/t17-,19-,20+,21-,22+,23-,25?,26-,28+,29+,30?,32+/m1/s1. The first-order chi connectivity index (χ1) is 19.1. The highest BCUT2D eigenvalue weighted by atomic mass is 16.7. The SMILES string of the molecule is CCC[C@H]1OC(=O)[C@H](C)[C@@H](O)[C@H](C)[C@@H](O[C@@H]2O[C@H](C)CC(N(C)C)C2OC(C)=O)[C@@H](C)C[C@@H](C)C(=O)/C(C)=C/[C@H]1C. The Bertz CT molecular complexity index is 919. The maximum absolute atomic E-state index is 13.4. The molecule has 12 atom stereocenters. The molecule has 0 aromatic rings. The van der Waals surface area contributed by atoms with E-state index in [4.69, 9.17) is 18.9 Å². The lowest BCUT2D eigenvalue weighted by Gasteiger charge is -2.45. The summed E-state index contributed by atoms with van der Waals surface area (Å²) >= 11 is 0. The smallest absolute Gasteiger partial charge is 0.311 e. The van der Waals surface area contributed by atoms with Gasteiger partial charge in [-0.15, -0.1) is 0 Å². The van der Waals surface area contributed by atoms with Crippen molar-refractivity contribution in [3.05, 3.63) is 11.6 Å². The maximum Gasteiger partial charge on any atom is 0.311 e. The zero-order valence-electron chi connectivity index (χ0n) is 27.1. The van der Waals surface area contributed by atoms with Gasteiger partial charge in [-0.2, -0.15) is 0 Å². The minimum absolute atomic E-state index is 0.0376. The highest BCUT2D eigenvalue weighted by Gasteiger charge is 2.46. The molecule has 41 heavy (non-hydrogen) atoms. The van der Waals surface area contributed by atoms with Gasteiger partial charge in [0.05, 0.1) is 30.3 Å². The summed E-state index contributed by atoms with van der Waals surface area (Å²) in [4.78, 5) is 40.8. The molecule has 0 radical (unpaired) electrons. The van der Waals surface area contributed by atoms with E-state index in [0.29, 0.717) is 24.8 Å². The second kappa shape index (κ2) is 15.6. The summed E-state index contributed by atoms with van der Waals surface area (Å²) < 4.78 is 24.5. The number of allylic oxidation sites excluding steroid dienone is 1. The van der Waals surface area contributed by atoms with Crippen molar-refractivity contribution in [2.75, 3.05) is 14.1 Å². The Hall–Kier alpha value is -1.81. The second-order valence-electron chi connectivity index (χ2n) is 12.8. The summed E-state index contributed by atoms with van der Waals surface area (Å²) in [6.45, 7) is 16.6. The van der Waals surface area contributed by atoms with Crippen LogP contribution >= 0.6 is 0 Å². The largest absolute Gasteiger partial charge is 0.461 e. The van der Waals surface area contributed by atoms with Crippen molar-refractivity contribution >= 4 is 17.7 Å². The van der Waals surface area contributed by atoms with E-state index in [1.165, 1.54) is 6.92 Å². The molecule has 1 fully saturated rings. The van der Waals surface area contributed by atoms with Gasteiger partial charge in [-0.05, 0) is 65.6 Å². The van der Waals surface area contributed by atoms with E-state index < -0.39 is 54.5 Å². The number of esters is 2. The van der Waals surface area contributed by atoms with E-state index in [1.54, 1.807) is 6.92 Å². The van der Waals surface area contributed by atoms with Crippen molar-refractivity contribution in [1.82, 2.24) is 4.90 Å². The fourth-order valence-electron chi connectivity index (χ4n) is 6.42. The number of nitrogens with zero attached hydrogens (tertiary/aromatic N) is 1. The third-order valence-electron chi connectivity index (χ3n) is 8.85. The zero-order chi connectivity index (χ0) is 31.2. The number of rotatable bonds is 6. The Morgan fingerprint density at radius 1 is 1.07 bits per heavy atom. The molecule has 9 heteroatoms. The minimum Gasteiger partial charge on any atom is -0.461 e. The van der Waals surface area contributed by atoms with Crippen LogP contribution in [0.5, 0.6) is 0 Å². The first-order valence-electron chi connectivity index (χ1n) is 15.3. The number of Topliss-reactive ketones (excluding diaryl/α,β-unsaturated/α-hetero) is 1. The molecule has 2 heterocycles. The van der Waals surface area contributed by atoms with Crippen LogP contribution in [0.15, 0.2) is 11.6 Å². The van der Waals surface area contributed by atoms with Gasteiger partial charge in [-0.3, -0.25) is 14.4 Å². The summed E-state index contributed by atoms with van der Waals surface area (Å²) in [6, 6.07) is -0.138. The van der Waals surface area contributed by atoms with Crippen LogP contribution in [0.3, 0.4) is 0 Å². The molecule has 0 spiro atoms. The van der Waals surface area contributed by atoms with Gasteiger partial charge in [-0.25, -0.2) is 0 Å². The van der Waals surface area contributed by atoms with E-state index in [-0.39, 0.29) is 35.7 Å². The van der Waals surface area contributed by atoms with Crippen LogP contribution < -0.4 is 0 Å². The van der Waals surface area contributed by atoms with Gasteiger partial charge >= 0.3 is 11.9 Å². The van der Waals surface area contributed by atoms with Crippen molar-refractivity contribution in [1.29, 1.82) is 0 Å². The Balaban J connectivity index is 2.51. The first kappa shape index (κ1) is 35.4. The van der Waals surface area contributed by atoms with E-state index >= 15 is 0 Å². The van der Waals surface area contributed by atoms with Crippen LogP contribution in [0.2, 0.25) is 0 Å². The number of hydrogen-bond donors (Lipinski definition) is 1. The molecule has 2 aliphatic rings. The van der Waals surface area contributed by atoms with E-state index in [2.05, 4.69) is 0 Å². The molecule has 0 amide bonds. The van der Waals surface area contributed by atoms with Crippen LogP contribution in [0.25, 0.3) is 0 Å². The molecule has 0 aliphatic carbocycles. The predicted molar refractivity (Wildman–Crippen MR) is 157 cm³/mol. The molecule has 0 aromatic heterocycles. The molecule has 2 aliphatic heterocycles. The maximum atomic E-state index is 13.4. The van der Waals surface area contributed by atoms with Gasteiger partial charge in [-0.1, -0.05) is 47.1 Å². The average molecular weight is 582 g/mol. The molecule has 9 nitrogen and oxygen atoms in total. The lowest BCUT2D eigenvalue weighted by molar-refractivity contribution is -0.286. The molecule has 0 bridgehead atoms. The number of carbonyl (C=O) groups is 3. The van der Waals surface area contributed by atoms with Gasteiger partial charge in [0.1, 0.15) is 6.10 Å². The molecule has 0 saturated carbocycles. The third-order valence-corrected chi connectivity index (χ3v) is 8.85. The number of ether oxygens (including phenoxy) is 4.